The number of H-pyrrole nitrogens is 1. The van der Waals surface area contributed by atoms with Crippen molar-refractivity contribution in [3.05, 3.63) is 40.9 Å². The summed E-state index contributed by atoms with van der Waals surface area (Å²) in [5, 5.41) is 3.12. The van der Waals surface area contributed by atoms with Gasteiger partial charge in [0.2, 0.25) is 6.79 Å². The fourth-order valence-electron chi connectivity index (χ4n) is 1.76. The molecule has 19 heavy (non-hydrogen) atoms. The quantitative estimate of drug-likeness (QED) is 0.897. The van der Waals surface area contributed by atoms with Crippen LogP contribution in [-0.4, -0.2) is 22.7 Å². The Kier molecular flexibility index (Phi) is 3.00. The number of aromatic nitrogens is 2. The topological polar surface area (TPSA) is 76.2 Å². The van der Waals surface area contributed by atoms with Gasteiger partial charge in [-0.3, -0.25) is 4.79 Å². The van der Waals surface area contributed by atoms with Crippen LogP contribution in [0.2, 0.25) is 5.02 Å². The highest BCUT2D eigenvalue weighted by Crippen LogP contribution is 2.39. The molecule has 1 aromatic heterocycles. The van der Waals surface area contributed by atoms with E-state index >= 15 is 0 Å². The second kappa shape index (κ2) is 4.81. The van der Waals surface area contributed by atoms with E-state index in [1.54, 1.807) is 24.7 Å². The molecule has 1 aliphatic heterocycles. The summed E-state index contributed by atoms with van der Waals surface area (Å²) in [5.41, 5.74) is 1.24. The third-order valence-corrected chi connectivity index (χ3v) is 2.96. The zero-order valence-corrected chi connectivity index (χ0v) is 10.5. The van der Waals surface area contributed by atoms with Crippen LogP contribution in [-0.2, 0) is 6.54 Å². The molecule has 0 radical (unpaired) electrons. The zero-order chi connectivity index (χ0) is 13.2. The number of hydrogen-bond acceptors (Lipinski definition) is 4. The molecular weight excluding hydrogens is 270 g/mol. The SMILES string of the molecule is O=C(NCc1cnc[nH]1)c1cc(Cl)c2c(c1)OCO2. The standard InChI is InChI=1S/C12H10ClN3O3/c13-9-1-7(2-10-11(9)19-6-18-10)12(17)15-4-8-3-14-5-16-8/h1-3,5H,4,6H2,(H,14,16)(H,15,17). The number of halogens is 1. The Morgan fingerprint density at radius 2 is 2.37 bits per heavy atom. The van der Waals surface area contributed by atoms with Gasteiger partial charge in [-0.2, -0.15) is 0 Å². The molecule has 2 heterocycles. The Hall–Kier alpha value is -2.21. The first-order valence-electron chi connectivity index (χ1n) is 5.58. The van der Waals surface area contributed by atoms with Crippen LogP contribution in [0.15, 0.2) is 24.7 Å². The molecule has 7 heteroatoms. The van der Waals surface area contributed by atoms with Crippen LogP contribution in [0.3, 0.4) is 0 Å². The van der Waals surface area contributed by atoms with E-state index in [4.69, 9.17) is 21.1 Å². The molecule has 0 aliphatic carbocycles. The summed E-state index contributed by atoms with van der Waals surface area (Å²) in [6.07, 6.45) is 3.20. The lowest BCUT2D eigenvalue weighted by molar-refractivity contribution is 0.0950. The molecule has 3 rings (SSSR count). The number of aromatic amines is 1. The van der Waals surface area contributed by atoms with Gasteiger partial charge in [0.1, 0.15) is 0 Å². The highest BCUT2D eigenvalue weighted by molar-refractivity contribution is 6.32. The molecule has 1 aromatic carbocycles. The molecule has 1 aliphatic rings. The number of nitrogens with one attached hydrogen (secondary N) is 2. The van der Waals surface area contributed by atoms with Crippen molar-refractivity contribution in [2.75, 3.05) is 6.79 Å². The first kappa shape index (κ1) is 11.9. The number of rotatable bonds is 3. The minimum Gasteiger partial charge on any atom is -0.454 e. The van der Waals surface area contributed by atoms with Crippen LogP contribution in [0.1, 0.15) is 16.1 Å². The number of ether oxygens (including phenoxy) is 2. The average molecular weight is 280 g/mol. The third kappa shape index (κ3) is 2.34. The summed E-state index contributed by atoms with van der Waals surface area (Å²) < 4.78 is 10.4. The van der Waals surface area contributed by atoms with Gasteiger partial charge >= 0.3 is 0 Å². The van der Waals surface area contributed by atoms with Gasteiger partial charge in [-0.1, -0.05) is 11.6 Å². The van der Waals surface area contributed by atoms with Gasteiger partial charge in [-0.25, -0.2) is 4.98 Å². The van der Waals surface area contributed by atoms with Crippen molar-refractivity contribution in [3.8, 4) is 11.5 Å². The van der Waals surface area contributed by atoms with E-state index < -0.39 is 0 Å². The molecule has 2 aromatic rings. The van der Waals surface area contributed by atoms with E-state index in [-0.39, 0.29) is 12.7 Å². The molecular formula is C12H10ClN3O3. The number of hydrogen-bond donors (Lipinski definition) is 2. The smallest absolute Gasteiger partial charge is 0.251 e. The second-order valence-electron chi connectivity index (χ2n) is 3.95. The number of imidazole rings is 1. The first-order valence-corrected chi connectivity index (χ1v) is 5.96. The number of nitrogens with zero attached hydrogens (tertiary/aromatic N) is 1. The molecule has 0 saturated heterocycles. The Morgan fingerprint density at radius 1 is 1.47 bits per heavy atom. The number of amides is 1. The monoisotopic (exact) mass is 279 g/mol. The predicted molar refractivity (Wildman–Crippen MR) is 67.3 cm³/mol. The van der Waals surface area contributed by atoms with Crippen molar-refractivity contribution < 1.29 is 14.3 Å². The summed E-state index contributed by atoms with van der Waals surface area (Å²) in [6.45, 7) is 0.485. The van der Waals surface area contributed by atoms with E-state index in [0.717, 1.165) is 5.69 Å². The van der Waals surface area contributed by atoms with Crippen molar-refractivity contribution in [3.63, 3.8) is 0 Å². The maximum Gasteiger partial charge on any atom is 0.251 e. The highest BCUT2D eigenvalue weighted by atomic mass is 35.5. The Morgan fingerprint density at radius 3 is 3.16 bits per heavy atom. The molecule has 2 N–H and O–H groups in total. The lowest BCUT2D eigenvalue weighted by atomic mass is 10.2. The Bertz CT molecular complexity index is 613. The molecule has 0 atom stereocenters. The lowest BCUT2D eigenvalue weighted by Gasteiger charge is -2.06. The van der Waals surface area contributed by atoms with Crippen LogP contribution in [0.4, 0.5) is 0 Å². The maximum absolute atomic E-state index is 12.0. The van der Waals surface area contributed by atoms with Gasteiger partial charge in [0.15, 0.2) is 11.5 Å². The number of benzene rings is 1. The molecule has 0 spiro atoms. The third-order valence-electron chi connectivity index (χ3n) is 2.68. The largest absolute Gasteiger partial charge is 0.454 e. The average Bonchev–Trinajstić information content (AvgIpc) is 3.06. The molecule has 0 saturated carbocycles. The molecule has 0 fully saturated rings. The first-order chi connectivity index (χ1) is 9.24. The molecule has 6 nitrogen and oxygen atoms in total. The second-order valence-corrected chi connectivity index (χ2v) is 4.36. The van der Waals surface area contributed by atoms with E-state index in [1.165, 1.54) is 0 Å². The molecule has 1 amide bonds. The number of carbonyl (C=O) groups is 1. The van der Waals surface area contributed by atoms with E-state index in [2.05, 4.69) is 15.3 Å². The van der Waals surface area contributed by atoms with E-state index in [0.29, 0.717) is 28.6 Å². The fraction of sp³-hybridized carbons (Fsp3) is 0.167. The predicted octanol–water partition coefficient (Wildman–Crippen LogP) is 1.72. The van der Waals surface area contributed by atoms with Crippen LogP contribution in [0.5, 0.6) is 11.5 Å². The van der Waals surface area contributed by atoms with Gasteiger partial charge in [-0.15, -0.1) is 0 Å². The Labute approximate surface area is 113 Å². The van der Waals surface area contributed by atoms with Crippen LogP contribution in [0, 0.1) is 0 Å². The summed E-state index contributed by atoms with van der Waals surface area (Å²) in [5.74, 6) is 0.723. The highest BCUT2D eigenvalue weighted by Gasteiger charge is 2.20. The lowest BCUT2D eigenvalue weighted by Crippen LogP contribution is -2.22. The fourth-order valence-corrected chi connectivity index (χ4v) is 2.02. The van der Waals surface area contributed by atoms with Crippen molar-refractivity contribution in [1.29, 1.82) is 0 Å². The van der Waals surface area contributed by atoms with Gasteiger partial charge in [-0.05, 0) is 12.1 Å². The van der Waals surface area contributed by atoms with Gasteiger partial charge < -0.3 is 19.8 Å². The molecule has 98 valence electrons. The van der Waals surface area contributed by atoms with Crippen molar-refractivity contribution in [2.45, 2.75) is 6.54 Å². The van der Waals surface area contributed by atoms with Crippen LogP contribution >= 0.6 is 11.6 Å². The normalized spacial score (nSPS) is 12.5. The van der Waals surface area contributed by atoms with Crippen molar-refractivity contribution in [1.82, 2.24) is 15.3 Å². The number of carbonyl (C=O) groups excluding carboxylic acids is 1. The van der Waals surface area contributed by atoms with Gasteiger partial charge in [0.05, 0.1) is 23.6 Å². The minimum atomic E-state index is -0.241. The summed E-state index contributed by atoms with van der Waals surface area (Å²) in [6, 6.07) is 3.16. The van der Waals surface area contributed by atoms with Crippen molar-refractivity contribution in [2.24, 2.45) is 0 Å². The summed E-state index contributed by atoms with van der Waals surface area (Å²) in [7, 11) is 0. The Balaban J connectivity index is 1.75. The van der Waals surface area contributed by atoms with Crippen LogP contribution < -0.4 is 14.8 Å². The summed E-state index contributed by atoms with van der Waals surface area (Å²) in [4.78, 5) is 18.8. The number of fused-ring (bicyclic) bond motifs is 1. The van der Waals surface area contributed by atoms with E-state index in [1.807, 2.05) is 0 Å². The molecule has 0 bridgehead atoms. The zero-order valence-electron chi connectivity index (χ0n) is 9.77. The minimum absolute atomic E-state index is 0.119. The van der Waals surface area contributed by atoms with Gasteiger partial charge in [0.25, 0.3) is 5.91 Å². The maximum atomic E-state index is 12.0. The van der Waals surface area contributed by atoms with Gasteiger partial charge in [0, 0.05) is 11.8 Å². The van der Waals surface area contributed by atoms with Crippen molar-refractivity contribution >= 4 is 17.5 Å². The van der Waals surface area contributed by atoms with Crippen LogP contribution in [0.25, 0.3) is 0 Å². The summed E-state index contributed by atoms with van der Waals surface area (Å²) >= 11 is 6.02. The molecule has 0 unspecified atom stereocenters. The van der Waals surface area contributed by atoms with E-state index in [9.17, 15) is 4.79 Å².